The second kappa shape index (κ2) is 10.1. The number of amides is 1. The highest BCUT2D eigenvalue weighted by atomic mass is 16.7. The number of unbranched alkanes of at least 4 members (excludes halogenated alkanes) is 1. The summed E-state index contributed by atoms with van der Waals surface area (Å²) in [7, 11) is 1.59. The van der Waals surface area contributed by atoms with Crippen LogP contribution in [0, 0.1) is 5.92 Å². The van der Waals surface area contributed by atoms with Crippen molar-refractivity contribution in [1.29, 1.82) is 0 Å². The standard InChI is InChI=1S/C25H30N2O6/c1-3-4-11-26-22(28)14-27-13-19(17-7-10-20-21(12-17)33-15-32-20)23(25(29)30)24(27)16-5-8-18(31-2)9-6-16/h5-10,12,19,23-24H,3-4,11,13-15H2,1-2H3,(H,26,28)(H,29,30)/t19?,23-,24+/m0/s1. The number of carboxylic acids is 1. The highest BCUT2D eigenvalue weighted by molar-refractivity contribution is 5.79. The van der Waals surface area contributed by atoms with Crippen LogP contribution in [0.5, 0.6) is 17.2 Å². The first-order valence-electron chi connectivity index (χ1n) is 11.3. The van der Waals surface area contributed by atoms with E-state index in [-0.39, 0.29) is 25.2 Å². The van der Waals surface area contributed by atoms with Gasteiger partial charge in [-0.2, -0.15) is 0 Å². The summed E-state index contributed by atoms with van der Waals surface area (Å²) in [4.78, 5) is 27.2. The van der Waals surface area contributed by atoms with E-state index in [0.717, 1.165) is 24.0 Å². The van der Waals surface area contributed by atoms with Crippen LogP contribution in [0.3, 0.4) is 0 Å². The van der Waals surface area contributed by atoms with Gasteiger partial charge in [0, 0.05) is 25.0 Å². The molecule has 8 nitrogen and oxygen atoms in total. The molecular weight excluding hydrogens is 424 g/mol. The number of nitrogens with zero attached hydrogens (tertiary/aromatic N) is 1. The summed E-state index contributed by atoms with van der Waals surface area (Å²) in [5.41, 5.74) is 1.70. The third-order valence-electron chi connectivity index (χ3n) is 6.36. The number of carbonyl (C=O) groups excluding carboxylic acids is 1. The van der Waals surface area contributed by atoms with Crippen LogP contribution in [0.15, 0.2) is 42.5 Å². The first kappa shape index (κ1) is 22.9. The molecule has 8 heteroatoms. The van der Waals surface area contributed by atoms with Crippen LogP contribution < -0.4 is 19.5 Å². The SMILES string of the molecule is CCCCNC(=O)CN1CC(c2ccc3c(c2)OCO3)[C@H](C(=O)O)[C@H]1c1ccc(OC)cc1. The summed E-state index contributed by atoms with van der Waals surface area (Å²) in [5, 5.41) is 13.2. The molecule has 1 saturated heterocycles. The number of ether oxygens (including phenoxy) is 3. The van der Waals surface area contributed by atoms with E-state index in [0.29, 0.717) is 30.3 Å². The fraction of sp³-hybridized carbons (Fsp3) is 0.440. The van der Waals surface area contributed by atoms with E-state index in [1.807, 2.05) is 47.4 Å². The largest absolute Gasteiger partial charge is 0.497 e. The van der Waals surface area contributed by atoms with Crippen molar-refractivity contribution in [2.24, 2.45) is 5.92 Å². The van der Waals surface area contributed by atoms with E-state index in [1.54, 1.807) is 7.11 Å². The van der Waals surface area contributed by atoms with Gasteiger partial charge in [-0.3, -0.25) is 14.5 Å². The minimum atomic E-state index is -0.896. The molecule has 176 valence electrons. The van der Waals surface area contributed by atoms with Gasteiger partial charge >= 0.3 is 5.97 Å². The number of nitrogens with one attached hydrogen (secondary N) is 1. The minimum absolute atomic E-state index is 0.0996. The molecule has 1 amide bonds. The van der Waals surface area contributed by atoms with Crippen molar-refractivity contribution in [2.75, 3.05) is 33.5 Å². The lowest BCUT2D eigenvalue weighted by Gasteiger charge is -2.27. The van der Waals surface area contributed by atoms with E-state index in [9.17, 15) is 14.7 Å². The quantitative estimate of drug-likeness (QED) is 0.562. The Balaban J connectivity index is 1.66. The molecule has 2 aliphatic heterocycles. The number of benzene rings is 2. The predicted molar refractivity (Wildman–Crippen MR) is 122 cm³/mol. The van der Waals surface area contributed by atoms with Gasteiger partial charge in [0.25, 0.3) is 0 Å². The van der Waals surface area contributed by atoms with E-state index in [4.69, 9.17) is 14.2 Å². The smallest absolute Gasteiger partial charge is 0.309 e. The topological polar surface area (TPSA) is 97.3 Å². The molecule has 3 atom stereocenters. The van der Waals surface area contributed by atoms with Gasteiger partial charge in [-0.15, -0.1) is 0 Å². The monoisotopic (exact) mass is 454 g/mol. The predicted octanol–water partition coefficient (Wildman–Crippen LogP) is 3.18. The molecule has 0 aliphatic carbocycles. The summed E-state index contributed by atoms with van der Waals surface area (Å²) < 4.78 is 16.2. The molecule has 2 N–H and O–H groups in total. The molecule has 0 aromatic heterocycles. The van der Waals surface area contributed by atoms with Crippen LogP contribution in [-0.2, 0) is 9.59 Å². The van der Waals surface area contributed by atoms with Crippen molar-refractivity contribution in [3.63, 3.8) is 0 Å². The van der Waals surface area contributed by atoms with E-state index in [1.165, 1.54) is 0 Å². The van der Waals surface area contributed by atoms with Crippen molar-refractivity contribution in [2.45, 2.75) is 31.7 Å². The van der Waals surface area contributed by atoms with Crippen LogP contribution in [0.2, 0.25) is 0 Å². The highest BCUT2D eigenvalue weighted by Crippen LogP contribution is 2.47. The average molecular weight is 455 g/mol. The fourth-order valence-corrected chi connectivity index (χ4v) is 4.72. The molecule has 2 aliphatic rings. The zero-order valence-electron chi connectivity index (χ0n) is 19.0. The minimum Gasteiger partial charge on any atom is -0.497 e. The summed E-state index contributed by atoms with van der Waals surface area (Å²) in [6.45, 7) is 3.41. The van der Waals surface area contributed by atoms with Gasteiger partial charge in [-0.05, 0) is 41.8 Å². The zero-order valence-corrected chi connectivity index (χ0v) is 19.0. The molecular formula is C25H30N2O6. The second-order valence-electron chi connectivity index (χ2n) is 8.43. The zero-order chi connectivity index (χ0) is 23.4. The van der Waals surface area contributed by atoms with Crippen LogP contribution in [0.4, 0.5) is 0 Å². The molecule has 0 bridgehead atoms. The maximum Gasteiger partial charge on any atom is 0.309 e. The van der Waals surface area contributed by atoms with Crippen LogP contribution >= 0.6 is 0 Å². The Morgan fingerprint density at radius 2 is 1.85 bits per heavy atom. The Morgan fingerprint density at radius 3 is 2.55 bits per heavy atom. The third kappa shape index (κ3) is 4.90. The number of methoxy groups -OCH3 is 1. The van der Waals surface area contributed by atoms with Crippen molar-refractivity contribution < 1.29 is 28.9 Å². The summed E-state index contributed by atoms with van der Waals surface area (Å²) >= 11 is 0. The molecule has 33 heavy (non-hydrogen) atoms. The van der Waals surface area contributed by atoms with Gasteiger partial charge in [0.05, 0.1) is 19.6 Å². The summed E-state index contributed by atoms with van der Waals surface area (Å²) in [6, 6.07) is 12.5. The Hall–Kier alpha value is -3.26. The van der Waals surface area contributed by atoms with E-state index in [2.05, 4.69) is 12.2 Å². The summed E-state index contributed by atoms with van der Waals surface area (Å²) in [6.07, 6.45) is 1.90. The second-order valence-corrected chi connectivity index (χ2v) is 8.43. The van der Waals surface area contributed by atoms with Gasteiger partial charge in [-0.25, -0.2) is 0 Å². The van der Waals surface area contributed by atoms with Crippen LogP contribution in [0.25, 0.3) is 0 Å². The molecule has 1 unspecified atom stereocenters. The highest BCUT2D eigenvalue weighted by Gasteiger charge is 2.48. The Morgan fingerprint density at radius 1 is 1.12 bits per heavy atom. The van der Waals surface area contributed by atoms with Crippen molar-refractivity contribution in [3.05, 3.63) is 53.6 Å². The molecule has 2 aromatic carbocycles. The molecule has 1 fully saturated rings. The maximum absolute atomic E-state index is 12.7. The first-order chi connectivity index (χ1) is 16.0. The van der Waals surface area contributed by atoms with E-state index >= 15 is 0 Å². The molecule has 0 radical (unpaired) electrons. The van der Waals surface area contributed by atoms with Crippen LogP contribution in [-0.4, -0.2) is 55.4 Å². The Bertz CT molecular complexity index is 993. The average Bonchev–Trinajstić information content (AvgIpc) is 3.43. The van der Waals surface area contributed by atoms with Crippen molar-refractivity contribution in [3.8, 4) is 17.2 Å². The van der Waals surface area contributed by atoms with E-state index < -0.39 is 17.9 Å². The maximum atomic E-state index is 12.7. The molecule has 4 rings (SSSR count). The van der Waals surface area contributed by atoms with Gasteiger partial charge in [0.1, 0.15) is 5.75 Å². The normalized spacial score (nSPS) is 21.7. The Labute approximate surface area is 193 Å². The van der Waals surface area contributed by atoms with Gasteiger partial charge in [-0.1, -0.05) is 31.5 Å². The summed E-state index contributed by atoms with van der Waals surface area (Å²) in [5.74, 6) is -0.0738. The molecule has 2 aromatic rings. The van der Waals surface area contributed by atoms with Gasteiger partial charge in [0.15, 0.2) is 11.5 Å². The number of carboxylic acid groups (broad SMARTS) is 1. The number of aliphatic carboxylic acids is 1. The first-order valence-corrected chi connectivity index (χ1v) is 11.3. The molecule has 0 saturated carbocycles. The van der Waals surface area contributed by atoms with Crippen LogP contribution in [0.1, 0.15) is 42.9 Å². The van der Waals surface area contributed by atoms with Crippen molar-refractivity contribution >= 4 is 11.9 Å². The molecule has 2 heterocycles. The lowest BCUT2D eigenvalue weighted by atomic mass is 9.82. The Kier molecular flexibility index (Phi) is 7.03. The number of hydrogen-bond acceptors (Lipinski definition) is 6. The fourth-order valence-electron chi connectivity index (χ4n) is 4.72. The van der Waals surface area contributed by atoms with Gasteiger partial charge in [0.2, 0.25) is 12.7 Å². The number of fused-ring (bicyclic) bond motifs is 1. The number of rotatable bonds is 9. The third-order valence-corrected chi connectivity index (χ3v) is 6.36. The number of hydrogen-bond donors (Lipinski definition) is 2. The number of likely N-dealkylation sites (tertiary alicyclic amines) is 1. The van der Waals surface area contributed by atoms with Crippen molar-refractivity contribution in [1.82, 2.24) is 10.2 Å². The molecule has 0 spiro atoms. The van der Waals surface area contributed by atoms with Gasteiger partial charge < -0.3 is 24.6 Å². The lowest BCUT2D eigenvalue weighted by Crippen LogP contribution is -2.38. The number of carbonyl (C=O) groups is 2. The lowest BCUT2D eigenvalue weighted by molar-refractivity contribution is -0.143.